The van der Waals surface area contributed by atoms with Crippen molar-refractivity contribution in [2.24, 2.45) is 0 Å². The molecular formula is C11H15N3O3. The van der Waals surface area contributed by atoms with Gasteiger partial charge in [-0.2, -0.15) is 0 Å². The fourth-order valence-electron chi connectivity index (χ4n) is 1.85. The lowest BCUT2D eigenvalue weighted by molar-refractivity contribution is -0.385. The van der Waals surface area contributed by atoms with Gasteiger partial charge >= 0.3 is 0 Å². The van der Waals surface area contributed by atoms with Gasteiger partial charge in [0.2, 0.25) is 0 Å². The van der Waals surface area contributed by atoms with Crippen molar-refractivity contribution in [3.63, 3.8) is 0 Å². The summed E-state index contributed by atoms with van der Waals surface area (Å²) in [4.78, 5) is 14.6. The average Bonchev–Trinajstić information content (AvgIpc) is 2.67. The molecule has 1 atom stereocenters. The summed E-state index contributed by atoms with van der Waals surface area (Å²) in [7, 11) is 0. The number of aromatic nitrogens is 1. The van der Waals surface area contributed by atoms with Crippen LogP contribution in [0.4, 0.5) is 11.5 Å². The molecule has 1 aromatic heterocycles. The van der Waals surface area contributed by atoms with Gasteiger partial charge in [-0.1, -0.05) is 0 Å². The van der Waals surface area contributed by atoms with E-state index in [9.17, 15) is 10.1 Å². The van der Waals surface area contributed by atoms with Crippen LogP contribution in [-0.4, -0.2) is 28.7 Å². The maximum Gasteiger partial charge on any atom is 0.277 e. The molecule has 0 aliphatic carbocycles. The summed E-state index contributed by atoms with van der Waals surface area (Å²) < 4.78 is 5.31. The zero-order valence-electron chi connectivity index (χ0n) is 9.90. The minimum atomic E-state index is -0.393. The van der Waals surface area contributed by atoms with Crippen LogP contribution in [0, 0.1) is 17.0 Å². The quantitative estimate of drug-likeness (QED) is 0.641. The van der Waals surface area contributed by atoms with E-state index in [0.717, 1.165) is 6.42 Å². The molecule has 1 saturated heterocycles. The summed E-state index contributed by atoms with van der Waals surface area (Å²) in [6.45, 7) is 5.00. The largest absolute Gasteiger partial charge is 0.379 e. The first kappa shape index (κ1) is 11.8. The summed E-state index contributed by atoms with van der Waals surface area (Å²) >= 11 is 0. The van der Waals surface area contributed by atoms with Crippen molar-refractivity contribution in [3.05, 3.63) is 27.9 Å². The second kappa shape index (κ2) is 4.29. The number of ether oxygens (including phenoxy) is 1. The number of nitro groups is 1. The molecule has 2 heterocycles. The second-order valence-electron chi connectivity index (χ2n) is 4.60. The molecule has 6 nitrogen and oxygen atoms in total. The molecule has 0 amide bonds. The first-order chi connectivity index (χ1) is 8.00. The van der Waals surface area contributed by atoms with Gasteiger partial charge in [0.25, 0.3) is 5.69 Å². The van der Waals surface area contributed by atoms with Gasteiger partial charge in [0, 0.05) is 18.4 Å². The highest BCUT2D eigenvalue weighted by Crippen LogP contribution is 2.26. The fraction of sp³-hybridized carbons (Fsp3) is 0.545. The molecule has 1 aliphatic heterocycles. The Morgan fingerprint density at radius 1 is 1.65 bits per heavy atom. The van der Waals surface area contributed by atoms with Crippen molar-refractivity contribution < 1.29 is 9.66 Å². The molecule has 92 valence electrons. The number of hydrogen-bond acceptors (Lipinski definition) is 5. The van der Waals surface area contributed by atoms with E-state index in [2.05, 4.69) is 10.3 Å². The number of nitrogens with one attached hydrogen (secondary N) is 1. The molecule has 0 bridgehead atoms. The van der Waals surface area contributed by atoms with Gasteiger partial charge in [0.05, 0.1) is 23.1 Å². The number of pyridine rings is 1. The van der Waals surface area contributed by atoms with Gasteiger partial charge in [-0.3, -0.25) is 10.1 Å². The SMILES string of the molecule is Cc1cnc(NC2(C)CCOC2)cc1[N+](=O)[O-]. The van der Waals surface area contributed by atoms with Crippen molar-refractivity contribution in [2.75, 3.05) is 18.5 Å². The van der Waals surface area contributed by atoms with Crippen LogP contribution < -0.4 is 5.32 Å². The lowest BCUT2D eigenvalue weighted by atomic mass is 10.0. The van der Waals surface area contributed by atoms with Crippen LogP contribution in [0.5, 0.6) is 0 Å². The Morgan fingerprint density at radius 2 is 2.41 bits per heavy atom. The predicted octanol–water partition coefficient (Wildman–Crippen LogP) is 1.89. The first-order valence-electron chi connectivity index (χ1n) is 5.47. The molecule has 1 fully saturated rings. The van der Waals surface area contributed by atoms with Crippen LogP contribution in [0.1, 0.15) is 18.9 Å². The summed E-state index contributed by atoms with van der Waals surface area (Å²) in [6, 6.07) is 1.47. The van der Waals surface area contributed by atoms with E-state index in [4.69, 9.17) is 4.74 Å². The monoisotopic (exact) mass is 237 g/mol. The Morgan fingerprint density at radius 3 is 3.00 bits per heavy atom. The topological polar surface area (TPSA) is 77.3 Å². The summed E-state index contributed by atoms with van der Waals surface area (Å²) in [5.41, 5.74) is 0.467. The van der Waals surface area contributed by atoms with Crippen LogP contribution >= 0.6 is 0 Å². The van der Waals surface area contributed by atoms with E-state index >= 15 is 0 Å². The van der Waals surface area contributed by atoms with E-state index in [1.54, 1.807) is 6.92 Å². The Hall–Kier alpha value is -1.69. The Balaban J connectivity index is 2.22. The lowest BCUT2D eigenvalue weighted by Crippen LogP contribution is -2.35. The Bertz CT molecular complexity index is 442. The third-order valence-electron chi connectivity index (χ3n) is 2.92. The highest BCUT2D eigenvalue weighted by atomic mass is 16.6. The van der Waals surface area contributed by atoms with Crippen molar-refractivity contribution >= 4 is 11.5 Å². The Labute approximate surface area is 99.2 Å². The normalized spacial score (nSPS) is 23.6. The average molecular weight is 237 g/mol. The number of nitrogens with zero attached hydrogens (tertiary/aromatic N) is 2. The molecular weight excluding hydrogens is 222 g/mol. The highest BCUT2D eigenvalue weighted by molar-refractivity contribution is 5.50. The summed E-state index contributed by atoms with van der Waals surface area (Å²) in [5.74, 6) is 0.523. The van der Waals surface area contributed by atoms with Gasteiger partial charge in [-0.15, -0.1) is 0 Å². The summed E-state index contributed by atoms with van der Waals surface area (Å²) in [5, 5.41) is 14.0. The number of anilines is 1. The second-order valence-corrected chi connectivity index (χ2v) is 4.60. The van der Waals surface area contributed by atoms with Gasteiger partial charge < -0.3 is 10.1 Å². The number of hydrogen-bond donors (Lipinski definition) is 1. The molecule has 1 aromatic rings. The standard InChI is InChI=1S/C11H15N3O3/c1-8-6-12-10(5-9(8)14(15)16)13-11(2)3-4-17-7-11/h5-6H,3-4,7H2,1-2H3,(H,12,13). The lowest BCUT2D eigenvalue weighted by Gasteiger charge is -2.24. The van der Waals surface area contributed by atoms with Crippen LogP contribution in [0.25, 0.3) is 0 Å². The van der Waals surface area contributed by atoms with Gasteiger partial charge in [-0.05, 0) is 20.3 Å². The van der Waals surface area contributed by atoms with Gasteiger partial charge in [0.15, 0.2) is 0 Å². The molecule has 1 N–H and O–H groups in total. The Kier molecular flexibility index (Phi) is 2.97. The van der Waals surface area contributed by atoms with Crippen molar-refractivity contribution in [3.8, 4) is 0 Å². The molecule has 0 radical (unpaired) electrons. The molecule has 0 spiro atoms. The van der Waals surface area contributed by atoms with E-state index in [-0.39, 0.29) is 11.2 Å². The smallest absolute Gasteiger partial charge is 0.277 e. The van der Waals surface area contributed by atoms with Crippen molar-refractivity contribution in [1.82, 2.24) is 4.98 Å². The molecule has 0 aromatic carbocycles. The first-order valence-corrected chi connectivity index (χ1v) is 5.47. The van der Waals surface area contributed by atoms with Crippen molar-refractivity contribution in [2.45, 2.75) is 25.8 Å². The van der Waals surface area contributed by atoms with E-state index in [1.165, 1.54) is 12.3 Å². The minimum Gasteiger partial charge on any atom is -0.379 e. The fourth-order valence-corrected chi connectivity index (χ4v) is 1.85. The third-order valence-corrected chi connectivity index (χ3v) is 2.92. The van der Waals surface area contributed by atoms with Crippen LogP contribution in [0.2, 0.25) is 0 Å². The third kappa shape index (κ3) is 2.52. The molecule has 0 saturated carbocycles. The van der Waals surface area contributed by atoms with Gasteiger partial charge in [-0.25, -0.2) is 4.98 Å². The molecule has 17 heavy (non-hydrogen) atoms. The van der Waals surface area contributed by atoms with Crippen LogP contribution in [-0.2, 0) is 4.74 Å². The number of aryl methyl sites for hydroxylation is 1. The zero-order valence-corrected chi connectivity index (χ0v) is 9.90. The molecule has 2 rings (SSSR count). The van der Waals surface area contributed by atoms with E-state index in [0.29, 0.717) is 24.6 Å². The van der Waals surface area contributed by atoms with E-state index in [1.807, 2.05) is 6.92 Å². The maximum absolute atomic E-state index is 10.8. The van der Waals surface area contributed by atoms with E-state index < -0.39 is 4.92 Å². The van der Waals surface area contributed by atoms with Gasteiger partial charge in [0.1, 0.15) is 5.82 Å². The maximum atomic E-state index is 10.8. The van der Waals surface area contributed by atoms with Crippen LogP contribution in [0.15, 0.2) is 12.3 Å². The highest BCUT2D eigenvalue weighted by Gasteiger charge is 2.30. The number of rotatable bonds is 3. The predicted molar refractivity (Wildman–Crippen MR) is 63.1 cm³/mol. The molecule has 1 unspecified atom stereocenters. The van der Waals surface area contributed by atoms with Crippen molar-refractivity contribution in [1.29, 1.82) is 0 Å². The molecule has 6 heteroatoms. The molecule has 1 aliphatic rings. The zero-order chi connectivity index (χ0) is 12.5. The summed E-state index contributed by atoms with van der Waals surface area (Å²) in [6.07, 6.45) is 2.38. The van der Waals surface area contributed by atoms with Crippen LogP contribution in [0.3, 0.4) is 0 Å². The minimum absolute atomic E-state index is 0.0880.